The second-order valence-electron chi connectivity index (χ2n) is 4.41. The number of hydrogen-bond acceptors (Lipinski definition) is 4. The molecule has 102 valence electrons. The molecule has 0 fully saturated rings. The molecule has 0 N–H and O–H groups in total. The Kier molecular flexibility index (Phi) is 3.56. The molecule has 0 unspecified atom stereocenters. The minimum Gasteiger partial charge on any atom is -0.490 e. The second kappa shape index (κ2) is 5.51. The molecule has 2 heterocycles. The van der Waals surface area contributed by atoms with Crippen LogP contribution in [0, 0.1) is 0 Å². The van der Waals surface area contributed by atoms with Crippen LogP contribution in [0.2, 0.25) is 5.15 Å². The van der Waals surface area contributed by atoms with Crippen molar-refractivity contribution < 1.29 is 14.3 Å². The van der Waals surface area contributed by atoms with Crippen LogP contribution in [-0.2, 0) is 0 Å². The molecule has 4 nitrogen and oxygen atoms in total. The van der Waals surface area contributed by atoms with Crippen molar-refractivity contribution in [2.45, 2.75) is 6.42 Å². The van der Waals surface area contributed by atoms with Crippen LogP contribution >= 0.6 is 11.6 Å². The van der Waals surface area contributed by atoms with Gasteiger partial charge in [-0.1, -0.05) is 11.6 Å². The van der Waals surface area contributed by atoms with Gasteiger partial charge in [0.15, 0.2) is 17.3 Å². The zero-order chi connectivity index (χ0) is 13.9. The molecule has 1 aliphatic rings. The summed E-state index contributed by atoms with van der Waals surface area (Å²) in [6.45, 7) is 1.21. The summed E-state index contributed by atoms with van der Waals surface area (Å²) in [5, 5.41) is 0.296. The van der Waals surface area contributed by atoms with Crippen molar-refractivity contribution in [1.29, 1.82) is 0 Å². The Labute approximate surface area is 121 Å². The molecular formula is C15H12ClNO3. The minimum atomic E-state index is -0.120. The van der Waals surface area contributed by atoms with Gasteiger partial charge in [-0.3, -0.25) is 4.79 Å². The number of hydrogen-bond donors (Lipinski definition) is 0. The molecule has 5 heteroatoms. The minimum absolute atomic E-state index is 0.120. The predicted molar refractivity (Wildman–Crippen MR) is 74.7 cm³/mol. The number of carbonyl (C=O) groups is 1. The lowest BCUT2D eigenvalue weighted by molar-refractivity contribution is 0.103. The van der Waals surface area contributed by atoms with Gasteiger partial charge in [-0.25, -0.2) is 4.98 Å². The Morgan fingerprint density at radius 2 is 1.80 bits per heavy atom. The molecule has 2 aromatic rings. The van der Waals surface area contributed by atoms with Gasteiger partial charge in [0.05, 0.1) is 13.2 Å². The predicted octanol–water partition coefficient (Wildman–Crippen LogP) is 3.13. The van der Waals surface area contributed by atoms with Crippen molar-refractivity contribution >= 4 is 17.4 Å². The van der Waals surface area contributed by atoms with E-state index in [1.807, 2.05) is 0 Å². The lowest BCUT2D eigenvalue weighted by Gasteiger charge is -2.09. The molecule has 3 rings (SSSR count). The summed E-state index contributed by atoms with van der Waals surface area (Å²) in [5.41, 5.74) is 1.04. The Morgan fingerprint density at radius 1 is 1.05 bits per heavy atom. The average molecular weight is 290 g/mol. The lowest BCUT2D eigenvalue weighted by atomic mass is 10.0. The van der Waals surface area contributed by atoms with E-state index in [2.05, 4.69) is 4.98 Å². The Balaban J connectivity index is 1.94. The van der Waals surface area contributed by atoms with E-state index in [1.54, 1.807) is 30.3 Å². The van der Waals surface area contributed by atoms with E-state index < -0.39 is 0 Å². The maximum Gasteiger partial charge on any atom is 0.193 e. The van der Waals surface area contributed by atoms with Crippen LogP contribution in [0.1, 0.15) is 22.3 Å². The van der Waals surface area contributed by atoms with Crippen LogP contribution in [-0.4, -0.2) is 24.0 Å². The van der Waals surface area contributed by atoms with Crippen LogP contribution in [0.15, 0.2) is 36.5 Å². The summed E-state index contributed by atoms with van der Waals surface area (Å²) in [5.74, 6) is 1.16. The van der Waals surface area contributed by atoms with Gasteiger partial charge < -0.3 is 9.47 Å². The molecule has 0 atom stereocenters. The molecule has 1 aromatic heterocycles. The monoisotopic (exact) mass is 289 g/mol. The molecule has 20 heavy (non-hydrogen) atoms. The number of pyridine rings is 1. The van der Waals surface area contributed by atoms with Crippen molar-refractivity contribution in [3.05, 3.63) is 52.8 Å². The van der Waals surface area contributed by atoms with Crippen LogP contribution < -0.4 is 9.47 Å². The SMILES string of the molecule is O=C(c1ccnc(Cl)c1)c1ccc2c(c1)OCCCO2. The quantitative estimate of drug-likeness (QED) is 0.629. The molecule has 0 amide bonds. The topological polar surface area (TPSA) is 48.4 Å². The molecule has 0 bridgehead atoms. The van der Waals surface area contributed by atoms with Crippen LogP contribution in [0.5, 0.6) is 11.5 Å². The highest BCUT2D eigenvalue weighted by Gasteiger charge is 2.15. The van der Waals surface area contributed by atoms with Crippen molar-refractivity contribution in [3.63, 3.8) is 0 Å². The number of halogens is 1. The summed E-state index contributed by atoms with van der Waals surface area (Å²) in [4.78, 5) is 16.3. The van der Waals surface area contributed by atoms with E-state index in [0.29, 0.717) is 41.0 Å². The van der Waals surface area contributed by atoms with E-state index in [4.69, 9.17) is 21.1 Å². The Morgan fingerprint density at radius 3 is 2.60 bits per heavy atom. The number of fused-ring (bicyclic) bond motifs is 1. The number of nitrogens with zero attached hydrogens (tertiary/aromatic N) is 1. The molecule has 0 spiro atoms. The van der Waals surface area contributed by atoms with Gasteiger partial charge in [-0.2, -0.15) is 0 Å². The fourth-order valence-electron chi connectivity index (χ4n) is 2.01. The van der Waals surface area contributed by atoms with Gasteiger partial charge in [0.1, 0.15) is 5.15 Å². The summed E-state index contributed by atoms with van der Waals surface area (Å²) in [6.07, 6.45) is 2.34. The average Bonchev–Trinajstić information content (AvgIpc) is 2.71. The highest BCUT2D eigenvalue weighted by atomic mass is 35.5. The lowest BCUT2D eigenvalue weighted by Crippen LogP contribution is -2.02. The third-order valence-corrected chi connectivity index (χ3v) is 3.21. The zero-order valence-corrected chi connectivity index (χ0v) is 11.4. The first-order valence-corrected chi connectivity index (χ1v) is 6.68. The first-order valence-electron chi connectivity index (χ1n) is 6.30. The molecule has 0 radical (unpaired) electrons. The van der Waals surface area contributed by atoms with Crippen LogP contribution in [0.4, 0.5) is 0 Å². The third-order valence-electron chi connectivity index (χ3n) is 3.00. The summed E-state index contributed by atoms with van der Waals surface area (Å²) in [7, 11) is 0. The van der Waals surface area contributed by atoms with Crippen molar-refractivity contribution in [2.75, 3.05) is 13.2 Å². The first-order chi connectivity index (χ1) is 9.74. The van der Waals surface area contributed by atoms with Gasteiger partial charge in [0.25, 0.3) is 0 Å². The summed E-state index contributed by atoms with van der Waals surface area (Å²) >= 11 is 5.81. The van der Waals surface area contributed by atoms with Gasteiger partial charge in [-0.15, -0.1) is 0 Å². The molecule has 0 aliphatic carbocycles. The second-order valence-corrected chi connectivity index (χ2v) is 4.80. The smallest absolute Gasteiger partial charge is 0.193 e. The van der Waals surface area contributed by atoms with Crippen molar-refractivity contribution in [3.8, 4) is 11.5 Å². The summed E-state index contributed by atoms with van der Waals surface area (Å²) in [6, 6.07) is 8.38. The molecule has 1 aromatic carbocycles. The highest BCUT2D eigenvalue weighted by Crippen LogP contribution is 2.31. The van der Waals surface area contributed by atoms with E-state index in [9.17, 15) is 4.79 Å². The van der Waals surface area contributed by atoms with Gasteiger partial charge in [0, 0.05) is 23.7 Å². The van der Waals surface area contributed by atoms with Gasteiger partial charge in [0.2, 0.25) is 0 Å². The van der Waals surface area contributed by atoms with E-state index >= 15 is 0 Å². The number of ketones is 1. The fraction of sp³-hybridized carbons (Fsp3) is 0.200. The molecule has 0 saturated heterocycles. The van der Waals surface area contributed by atoms with E-state index in [-0.39, 0.29) is 5.78 Å². The number of rotatable bonds is 2. The maximum absolute atomic E-state index is 12.4. The molecule has 0 saturated carbocycles. The number of aromatic nitrogens is 1. The van der Waals surface area contributed by atoms with Gasteiger partial charge in [-0.05, 0) is 30.3 Å². The van der Waals surface area contributed by atoms with Crippen LogP contribution in [0.25, 0.3) is 0 Å². The van der Waals surface area contributed by atoms with Gasteiger partial charge >= 0.3 is 0 Å². The largest absolute Gasteiger partial charge is 0.490 e. The zero-order valence-electron chi connectivity index (χ0n) is 10.6. The van der Waals surface area contributed by atoms with E-state index in [0.717, 1.165) is 6.42 Å². The standard InChI is InChI=1S/C15H12ClNO3/c16-14-9-11(4-5-17-14)15(18)10-2-3-12-13(8-10)20-7-1-6-19-12/h2-5,8-9H,1,6-7H2. The van der Waals surface area contributed by atoms with Crippen LogP contribution in [0.3, 0.4) is 0 Å². The van der Waals surface area contributed by atoms with Crippen molar-refractivity contribution in [2.24, 2.45) is 0 Å². The fourth-order valence-corrected chi connectivity index (χ4v) is 2.19. The molecular weight excluding hydrogens is 278 g/mol. The molecule has 1 aliphatic heterocycles. The normalized spacial score (nSPS) is 13.7. The third kappa shape index (κ3) is 2.60. The number of ether oxygens (including phenoxy) is 2. The number of benzene rings is 1. The van der Waals surface area contributed by atoms with E-state index in [1.165, 1.54) is 6.20 Å². The summed E-state index contributed by atoms with van der Waals surface area (Å²) < 4.78 is 11.1. The Hall–Kier alpha value is -2.07. The maximum atomic E-state index is 12.4. The van der Waals surface area contributed by atoms with Crippen molar-refractivity contribution in [1.82, 2.24) is 4.98 Å². The highest BCUT2D eigenvalue weighted by molar-refractivity contribution is 6.30. The first kappa shape index (κ1) is 12.9. The number of carbonyl (C=O) groups excluding carboxylic acids is 1. The Bertz CT molecular complexity index is 657.